The fourth-order valence-electron chi connectivity index (χ4n) is 1.52. The number of aliphatic imine (C=N–C) groups is 1. The number of amidine groups is 1. The van der Waals surface area contributed by atoms with Gasteiger partial charge in [0.15, 0.2) is 5.17 Å². The number of hydrogen-bond acceptors (Lipinski definition) is 3. The highest BCUT2D eigenvalue weighted by Gasteiger charge is 2.16. The van der Waals surface area contributed by atoms with E-state index in [4.69, 9.17) is 0 Å². The second kappa shape index (κ2) is 4.71. The van der Waals surface area contributed by atoms with Crippen LogP contribution in [0.1, 0.15) is 18.9 Å². The van der Waals surface area contributed by atoms with Gasteiger partial charge in [-0.05, 0) is 25.0 Å². The van der Waals surface area contributed by atoms with Gasteiger partial charge in [-0.3, -0.25) is 4.99 Å². The molecule has 0 radical (unpaired) electrons. The normalized spacial score (nSPS) is 20.1. The molecule has 0 fully saturated rings. The van der Waals surface area contributed by atoms with Crippen LogP contribution >= 0.6 is 11.8 Å². The standard InChI is InChI=1S/C12H16N2S/c1-3-10-8-15-12(13-10)14-11-7-5-4-6-9(11)2/h4-7,10H,3,8H2,1-2H3,(H,13,14)/t10-/m1/s1. The van der Waals surface area contributed by atoms with Gasteiger partial charge in [0.05, 0.1) is 6.04 Å². The molecule has 1 atom stereocenters. The summed E-state index contributed by atoms with van der Waals surface area (Å²) in [6.45, 7) is 4.30. The Labute approximate surface area is 95.2 Å². The molecule has 1 aromatic rings. The quantitative estimate of drug-likeness (QED) is 0.827. The predicted molar refractivity (Wildman–Crippen MR) is 68.8 cm³/mol. The van der Waals surface area contributed by atoms with Crippen LogP contribution in [0.2, 0.25) is 0 Å². The third-order valence-electron chi connectivity index (χ3n) is 2.57. The van der Waals surface area contributed by atoms with Crippen LogP contribution in [-0.2, 0) is 0 Å². The number of rotatable bonds is 2. The Bertz CT molecular complexity index is 374. The molecule has 0 amide bonds. The fourth-order valence-corrected chi connectivity index (χ4v) is 2.59. The van der Waals surface area contributed by atoms with Crippen molar-refractivity contribution in [3.05, 3.63) is 29.8 Å². The van der Waals surface area contributed by atoms with Gasteiger partial charge >= 0.3 is 0 Å². The second-order valence-electron chi connectivity index (χ2n) is 3.75. The van der Waals surface area contributed by atoms with E-state index in [1.165, 1.54) is 11.3 Å². The van der Waals surface area contributed by atoms with E-state index in [1.54, 1.807) is 0 Å². The van der Waals surface area contributed by atoms with Crippen molar-refractivity contribution in [1.29, 1.82) is 0 Å². The molecule has 2 rings (SSSR count). The average Bonchev–Trinajstić information content (AvgIpc) is 2.69. The highest BCUT2D eigenvalue weighted by molar-refractivity contribution is 8.14. The molecule has 0 unspecified atom stereocenters. The summed E-state index contributed by atoms with van der Waals surface area (Å²) in [5, 5.41) is 4.45. The Hall–Kier alpha value is -0.960. The minimum Gasteiger partial charge on any atom is -0.335 e. The van der Waals surface area contributed by atoms with Crippen LogP contribution < -0.4 is 5.32 Å². The van der Waals surface area contributed by atoms with Crippen molar-refractivity contribution in [2.45, 2.75) is 26.3 Å². The van der Waals surface area contributed by atoms with Crippen molar-refractivity contribution in [2.75, 3.05) is 11.1 Å². The first kappa shape index (κ1) is 10.6. The zero-order valence-electron chi connectivity index (χ0n) is 9.16. The molecule has 0 spiro atoms. The molecule has 1 aliphatic heterocycles. The van der Waals surface area contributed by atoms with Crippen LogP contribution in [0, 0.1) is 6.92 Å². The lowest BCUT2D eigenvalue weighted by atomic mass is 10.2. The van der Waals surface area contributed by atoms with E-state index in [2.05, 4.69) is 42.4 Å². The van der Waals surface area contributed by atoms with Crippen molar-refractivity contribution in [2.24, 2.45) is 4.99 Å². The molecule has 3 heteroatoms. The van der Waals surface area contributed by atoms with Gasteiger partial charge < -0.3 is 5.32 Å². The first-order chi connectivity index (χ1) is 7.29. The van der Waals surface area contributed by atoms with Crippen molar-refractivity contribution < 1.29 is 0 Å². The molecule has 0 saturated heterocycles. The Balaban J connectivity index is 2.07. The van der Waals surface area contributed by atoms with Crippen molar-refractivity contribution in [3.63, 3.8) is 0 Å². The van der Waals surface area contributed by atoms with Crippen LogP contribution in [0.4, 0.5) is 5.69 Å². The first-order valence-corrected chi connectivity index (χ1v) is 6.31. The van der Waals surface area contributed by atoms with Crippen LogP contribution in [0.5, 0.6) is 0 Å². The molecule has 0 aliphatic carbocycles. The van der Waals surface area contributed by atoms with Crippen molar-refractivity contribution in [3.8, 4) is 0 Å². The van der Waals surface area contributed by atoms with Crippen LogP contribution in [-0.4, -0.2) is 17.0 Å². The Kier molecular flexibility index (Phi) is 3.31. The number of thioether (sulfide) groups is 1. The second-order valence-corrected chi connectivity index (χ2v) is 4.76. The summed E-state index contributed by atoms with van der Waals surface area (Å²) < 4.78 is 0. The topological polar surface area (TPSA) is 24.4 Å². The molecule has 0 bridgehead atoms. The highest BCUT2D eigenvalue weighted by Crippen LogP contribution is 2.23. The largest absolute Gasteiger partial charge is 0.335 e. The van der Waals surface area contributed by atoms with E-state index >= 15 is 0 Å². The van der Waals surface area contributed by atoms with Gasteiger partial charge in [0.25, 0.3) is 0 Å². The minimum absolute atomic E-state index is 0.501. The number of nitrogens with one attached hydrogen (secondary N) is 1. The van der Waals surface area contributed by atoms with Gasteiger partial charge in [0.2, 0.25) is 0 Å². The van der Waals surface area contributed by atoms with E-state index in [-0.39, 0.29) is 0 Å². The first-order valence-electron chi connectivity index (χ1n) is 5.33. The number of hydrogen-bond donors (Lipinski definition) is 1. The number of para-hydroxylation sites is 1. The summed E-state index contributed by atoms with van der Waals surface area (Å²) in [6, 6.07) is 8.81. The van der Waals surface area contributed by atoms with Gasteiger partial charge in [-0.2, -0.15) is 0 Å². The lowest BCUT2D eigenvalue weighted by Crippen LogP contribution is -2.06. The van der Waals surface area contributed by atoms with Gasteiger partial charge in [0.1, 0.15) is 0 Å². The lowest BCUT2D eigenvalue weighted by Gasteiger charge is -2.07. The molecule has 2 nitrogen and oxygen atoms in total. The summed E-state index contributed by atoms with van der Waals surface area (Å²) in [6.07, 6.45) is 1.13. The summed E-state index contributed by atoms with van der Waals surface area (Å²) in [4.78, 5) is 4.61. The third kappa shape index (κ3) is 2.53. The molecule has 80 valence electrons. The smallest absolute Gasteiger partial charge is 0.161 e. The van der Waals surface area contributed by atoms with Gasteiger partial charge in [-0.15, -0.1) is 0 Å². The number of benzene rings is 1. The monoisotopic (exact) mass is 220 g/mol. The Morgan fingerprint density at radius 2 is 2.27 bits per heavy atom. The fraction of sp³-hybridized carbons (Fsp3) is 0.417. The maximum Gasteiger partial charge on any atom is 0.161 e. The average molecular weight is 220 g/mol. The molecule has 1 aromatic carbocycles. The van der Waals surface area contributed by atoms with Crippen molar-refractivity contribution >= 4 is 22.6 Å². The molecule has 0 aromatic heterocycles. The van der Waals surface area contributed by atoms with Crippen molar-refractivity contribution in [1.82, 2.24) is 0 Å². The minimum atomic E-state index is 0.501. The SMILES string of the molecule is CC[C@@H]1CSC(Nc2ccccc2C)=N1. The zero-order valence-corrected chi connectivity index (χ0v) is 9.97. The lowest BCUT2D eigenvalue weighted by molar-refractivity contribution is 0.738. The maximum atomic E-state index is 4.61. The van der Waals surface area contributed by atoms with E-state index in [0.29, 0.717) is 6.04 Å². The predicted octanol–water partition coefficient (Wildman–Crippen LogP) is 3.29. The van der Waals surface area contributed by atoms with Crippen LogP contribution in [0.3, 0.4) is 0 Å². The van der Waals surface area contributed by atoms with E-state index < -0.39 is 0 Å². The van der Waals surface area contributed by atoms with Gasteiger partial charge in [0, 0.05) is 11.4 Å². The van der Waals surface area contributed by atoms with Gasteiger partial charge in [-0.1, -0.05) is 36.9 Å². The maximum absolute atomic E-state index is 4.61. The Morgan fingerprint density at radius 1 is 1.47 bits per heavy atom. The molecule has 1 heterocycles. The number of aryl methyl sites for hydroxylation is 1. The summed E-state index contributed by atoms with van der Waals surface area (Å²) in [7, 11) is 0. The van der Waals surface area contributed by atoms with Crippen LogP contribution in [0.15, 0.2) is 29.3 Å². The summed E-state index contributed by atoms with van der Waals surface area (Å²) >= 11 is 1.82. The summed E-state index contributed by atoms with van der Waals surface area (Å²) in [5.41, 5.74) is 2.43. The number of nitrogens with zero attached hydrogens (tertiary/aromatic N) is 1. The molecular weight excluding hydrogens is 204 g/mol. The zero-order chi connectivity index (χ0) is 10.7. The number of anilines is 1. The highest BCUT2D eigenvalue weighted by atomic mass is 32.2. The van der Waals surface area contributed by atoms with E-state index in [0.717, 1.165) is 17.3 Å². The van der Waals surface area contributed by atoms with Gasteiger partial charge in [-0.25, -0.2) is 0 Å². The van der Waals surface area contributed by atoms with E-state index in [1.807, 2.05) is 17.8 Å². The van der Waals surface area contributed by atoms with E-state index in [9.17, 15) is 0 Å². The summed E-state index contributed by atoms with van der Waals surface area (Å²) in [5.74, 6) is 1.12. The molecular formula is C12H16N2S. The van der Waals surface area contributed by atoms with Crippen LogP contribution in [0.25, 0.3) is 0 Å². The molecule has 0 saturated carbocycles. The molecule has 1 N–H and O–H groups in total. The third-order valence-corrected chi connectivity index (χ3v) is 3.60. The molecule has 15 heavy (non-hydrogen) atoms. The molecule has 1 aliphatic rings. The Morgan fingerprint density at radius 3 is 2.93 bits per heavy atom.